The minimum Gasteiger partial charge on any atom is -0.265 e. The summed E-state index contributed by atoms with van der Waals surface area (Å²) in [5.74, 6) is -2.49. The van der Waals surface area contributed by atoms with Crippen LogP contribution in [0.15, 0.2) is 59.6 Å². The van der Waals surface area contributed by atoms with Crippen molar-refractivity contribution in [1.29, 1.82) is 0 Å². The summed E-state index contributed by atoms with van der Waals surface area (Å²) < 4.78 is 54.4. The number of nitrogens with zero attached hydrogens (tertiary/aromatic N) is 2. The molecule has 1 aromatic heterocycles. The number of aromatic nitrogens is 2. The number of sulfonamides is 1. The summed E-state index contributed by atoms with van der Waals surface area (Å²) in [5.41, 5.74) is 0.955. The quantitative estimate of drug-likeness (QED) is 0.731. The summed E-state index contributed by atoms with van der Waals surface area (Å²) in [6.45, 7) is 0.396. The maximum Gasteiger partial charge on any atom is 0.263 e. The van der Waals surface area contributed by atoms with Crippen LogP contribution in [0.25, 0.3) is 0 Å². The van der Waals surface area contributed by atoms with Crippen molar-refractivity contribution in [2.45, 2.75) is 11.4 Å². The van der Waals surface area contributed by atoms with Gasteiger partial charge in [-0.1, -0.05) is 41.9 Å². The third kappa shape index (κ3) is 3.97. The van der Waals surface area contributed by atoms with Gasteiger partial charge < -0.3 is 0 Å². The molecule has 0 aliphatic rings. The van der Waals surface area contributed by atoms with Gasteiger partial charge in [0.1, 0.15) is 5.02 Å². The Hall–Kier alpha value is -2.45. The lowest BCUT2D eigenvalue weighted by Crippen LogP contribution is -2.14. The summed E-state index contributed by atoms with van der Waals surface area (Å²) in [5, 5.41) is 4.17. The second-order valence-corrected chi connectivity index (χ2v) is 7.28. The van der Waals surface area contributed by atoms with E-state index in [0.717, 1.165) is 17.7 Å². The van der Waals surface area contributed by atoms with Crippen LogP contribution >= 0.6 is 11.6 Å². The molecule has 0 amide bonds. The fourth-order valence-electron chi connectivity index (χ4n) is 2.15. The van der Waals surface area contributed by atoms with Gasteiger partial charge in [0, 0.05) is 6.20 Å². The number of halogens is 3. The van der Waals surface area contributed by atoms with E-state index in [1.54, 1.807) is 0 Å². The van der Waals surface area contributed by atoms with Crippen molar-refractivity contribution >= 4 is 27.4 Å². The molecular weight excluding hydrogens is 372 g/mol. The highest BCUT2D eigenvalue weighted by molar-refractivity contribution is 7.92. The van der Waals surface area contributed by atoms with Gasteiger partial charge in [0.2, 0.25) is 0 Å². The van der Waals surface area contributed by atoms with Gasteiger partial charge in [-0.25, -0.2) is 17.2 Å². The lowest BCUT2D eigenvalue weighted by Gasteiger charge is -2.06. The molecule has 0 aliphatic carbocycles. The van der Waals surface area contributed by atoms with Crippen molar-refractivity contribution in [2.24, 2.45) is 0 Å². The Bertz CT molecular complexity index is 1010. The zero-order chi connectivity index (χ0) is 18.0. The Kier molecular flexibility index (Phi) is 4.73. The van der Waals surface area contributed by atoms with Gasteiger partial charge in [-0.15, -0.1) is 0 Å². The molecule has 25 heavy (non-hydrogen) atoms. The molecule has 5 nitrogen and oxygen atoms in total. The molecule has 3 rings (SSSR count). The van der Waals surface area contributed by atoms with E-state index in [1.807, 2.05) is 30.3 Å². The third-order valence-corrected chi connectivity index (χ3v) is 4.95. The molecule has 1 N–H and O–H groups in total. The molecule has 0 saturated heterocycles. The van der Waals surface area contributed by atoms with E-state index in [9.17, 15) is 17.2 Å². The summed E-state index contributed by atoms with van der Waals surface area (Å²) >= 11 is 6.02. The van der Waals surface area contributed by atoms with Crippen molar-refractivity contribution in [3.8, 4) is 0 Å². The topological polar surface area (TPSA) is 64.0 Å². The van der Waals surface area contributed by atoms with Gasteiger partial charge in [-0.3, -0.25) is 9.40 Å². The Morgan fingerprint density at radius 1 is 1.08 bits per heavy atom. The molecule has 130 valence electrons. The summed E-state index contributed by atoms with van der Waals surface area (Å²) in [7, 11) is -4.15. The van der Waals surface area contributed by atoms with E-state index in [2.05, 4.69) is 9.82 Å². The first-order valence-electron chi connectivity index (χ1n) is 7.10. The second kappa shape index (κ2) is 6.81. The van der Waals surface area contributed by atoms with Crippen molar-refractivity contribution < 1.29 is 17.2 Å². The third-order valence-electron chi connectivity index (χ3n) is 3.34. The minimum absolute atomic E-state index is 0.0853. The van der Waals surface area contributed by atoms with Crippen LogP contribution in [0.2, 0.25) is 5.02 Å². The molecule has 0 fully saturated rings. The summed E-state index contributed by atoms with van der Waals surface area (Å²) in [6.07, 6.45) is 1.47. The highest BCUT2D eigenvalue weighted by Crippen LogP contribution is 2.24. The van der Waals surface area contributed by atoms with Crippen molar-refractivity contribution in [1.82, 2.24) is 9.78 Å². The highest BCUT2D eigenvalue weighted by atomic mass is 35.5. The van der Waals surface area contributed by atoms with E-state index < -0.39 is 26.6 Å². The average Bonchev–Trinajstić information content (AvgIpc) is 2.89. The lowest BCUT2D eigenvalue weighted by molar-refractivity contribution is 0.504. The van der Waals surface area contributed by atoms with Crippen LogP contribution in [-0.4, -0.2) is 18.2 Å². The first-order valence-corrected chi connectivity index (χ1v) is 8.96. The molecule has 0 radical (unpaired) electrons. The lowest BCUT2D eigenvalue weighted by atomic mass is 10.2. The molecule has 0 bridgehead atoms. The van der Waals surface area contributed by atoms with Crippen LogP contribution in [0.1, 0.15) is 5.56 Å². The van der Waals surface area contributed by atoms with E-state index in [0.29, 0.717) is 12.6 Å². The Morgan fingerprint density at radius 3 is 2.48 bits per heavy atom. The molecule has 3 aromatic rings. The first kappa shape index (κ1) is 17.4. The van der Waals surface area contributed by atoms with Crippen molar-refractivity contribution in [3.05, 3.63) is 76.9 Å². The van der Waals surface area contributed by atoms with Gasteiger partial charge in [-0.2, -0.15) is 5.10 Å². The van der Waals surface area contributed by atoms with E-state index in [1.165, 1.54) is 10.9 Å². The standard InChI is InChI=1S/C16H12ClF2N3O2S/c17-13-10-22(9-11-4-2-1-3-5-11)20-16(13)21-25(23,24)12-6-7-14(18)15(19)8-12/h1-8,10H,9H2,(H,20,21). The number of hydrogen-bond donors (Lipinski definition) is 1. The van der Waals surface area contributed by atoms with Crippen molar-refractivity contribution in [3.63, 3.8) is 0 Å². The minimum atomic E-state index is -4.15. The molecule has 0 unspecified atom stereocenters. The number of nitrogens with one attached hydrogen (secondary N) is 1. The van der Waals surface area contributed by atoms with Crippen LogP contribution in [0.4, 0.5) is 14.6 Å². The largest absolute Gasteiger partial charge is 0.265 e. The molecule has 0 saturated carbocycles. The Labute approximate surface area is 147 Å². The zero-order valence-electron chi connectivity index (χ0n) is 12.7. The molecule has 9 heteroatoms. The molecule has 0 spiro atoms. The molecular formula is C16H12ClF2N3O2S. The van der Waals surface area contributed by atoms with Crippen LogP contribution in [-0.2, 0) is 16.6 Å². The fourth-order valence-corrected chi connectivity index (χ4v) is 3.43. The maximum absolute atomic E-state index is 13.3. The van der Waals surface area contributed by atoms with Gasteiger partial charge in [0.25, 0.3) is 10.0 Å². The van der Waals surface area contributed by atoms with Gasteiger partial charge in [-0.05, 0) is 23.8 Å². The van der Waals surface area contributed by atoms with Crippen LogP contribution < -0.4 is 4.72 Å². The number of anilines is 1. The Morgan fingerprint density at radius 2 is 1.80 bits per heavy atom. The van der Waals surface area contributed by atoms with Gasteiger partial charge in [0.15, 0.2) is 17.5 Å². The number of rotatable bonds is 5. The fraction of sp³-hybridized carbons (Fsp3) is 0.0625. The second-order valence-electron chi connectivity index (χ2n) is 5.19. The SMILES string of the molecule is O=S(=O)(Nc1nn(Cc2ccccc2)cc1Cl)c1ccc(F)c(F)c1. The van der Waals surface area contributed by atoms with Crippen LogP contribution in [0.5, 0.6) is 0 Å². The van der Waals surface area contributed by atoms with Crippen LogP contribution in [0, 0.1) is 11.6 Å². The monoisotopic (exact) mass is 383 g/mol. The van der Waals surface area contributed by atoms with E-state index in [-0.39, 0.29) is 10.8 Å². The summed E-state index contributed by atoms with van der Waals surface area (Å²) in [4.78, 5) is -0.430. The molecule has 1 heterocycles. The summed E-state index contributed by atoms with van der Waals surface area (Å²) in [6, 6.07) is 11.7. The average molecular weight is 384 g/mol. The predicted octanol–water partition coefficient (Wildman–Crippen LogP) is 3.66. The molecule has 2 aromatic carbocycles. The smallest absolute Gasteiger partial charge is 0.263 e. The molecule has 0 aliphatic heterocycles. The highest BCUT2D eigenvalue weighted by Gasteiger charge is 2.20. The van der Waals surface area contributed by atoms with Gasteiger partial charge in [0.05, 0.1) is 11.4 Å². The van der Waals surface area contributed by atoms with E-state index in [4.69, 9.17) is 11.6 Å². The Balaban J connectivity index is 1.83. The van der Waals surface area contributed by atoms with E-state index >= 15 is 0 Å². The normalized spacial score (nSPS) is 11.5. The first-order chi connectivity index (χ1) is 11.8. The van der Waals surface area contributed by atoms with Gasteiger partial charge >= 0.3 is 0 Å². The number of hydrogen-bond acceptors (Lipinski definition) is 3. The molecule has 0 atom stereocenters. The maximum atomic E-state index is 13.3. The van der Waals surface area contributed by atoms with Crippen LogP contribution in [0.3, 0.4) is 0 Å². The number of benzene rings is 2. The van der Waals surface area contributed by atoms with Crippen molar-refractivity contribution in [2.75, 3.05) is 4.72 Å². The zero-order valence-corrected chi connectivity index (χ0v) is 14.2. The predicted molar refractivity (Wildman–Crippen MR) is 89.9 cm³/mol.